The lowest BCUT2D eigenvalue weighted by atomic mass is 10.1. The molecular weight excluding hydrogens is 324 g/mol. The molecular formula is C17H18N4O4. The van der Waals surface area contributed by atoms with Gasteiger partial charge in [-0.05, 0) is 17.7 Å². The van der Waals surface area contributed by atoms with Crippen molar-refractivity contribution in [1.29, 1.82) is 0 Å². The Morgan fingerprint density at radius 2 is 1.96 bits per heavy atom. The standard InChI is InChI=1S/C17H18N4O4/c22-16-13(8-18-10-19-16)17(23)21-5-3-20(4-6-21)9-12-1-2-14-15(7-12)25-11-24-14/h1-2,7-8,10H,3-6,9,11H2,(H,18,19,22). The molecule has 8 nitrogen and oxygen atoms in total. The van der Waals surface area contributed by atoms with Gasteiger partial charge < -0.3 is 19.4 Å². The number of fused-ring (bicyclic) bond motifs is 1. The zero-order valence-electron chi connectivity index (χ0n) is 13.6. The average molecular weight is 342 g/mol. The SMILES string of the molecule is O=C(c1cnc[nH]c1=O)N1CCN(Cc2ccc3c(c2)OCO3)CC1. The predicted molar refractivity (Wildman–Crippen MR) is 88.6 cm³/mol. The summed E-state index contributed by atoms with van der Waals surface area (Å²) >= 11 is 0. The van der Waals surface area contributed by atoms with E-state index >= 15 is 0 Å². The molecule has 0 atom stereocenters. The summed E-state index contributed by atoms with van der Waals surface area (Å²) in [6.07, 6.45) is 2.60. The van der Waals surface area contributed by atoms with Crippen LogP contribution in [0.3, 0.4) is 0 Å². The molecule has 1 fully saturated rings. The summed E-state index contributed by atoms with van der Waals surface area (Å²) in [5.74, 6) is 1.29. The largest absolute Gasteiger partial charge is 0.454 e. The van der Waals surface area contributed by atoms with E-state index in [9.17, 15) is 9.59 Å². The van der Waals surface area contributed by atoms with Crippen molar-refractivity contribution in [2.45, 2.75) is 6.54 Å². The summed E-state index contributed by atoms with van der Waals surface area (Å²) in [6.45, 7) is 3.71. The number of benzene rings is 1. The molecule has 1 saturated heterocycles. The highest BCUT2D eigenvalue weighted by atomic mass is 16.7. The highest BCUT2D eigenvalue weighted by molar-refractivity contribution is 5.93. The number of hydrogen-bond acceptors (Lipinski definition) is 6. The zero-order chi connectivity index (χ0) is 17.2. The Bertz CT molecular complexity index is 843. The fourth-order valence-electron chi connectivity index (χ4n) is 3.07. The van der Waals surface area contributed by atoms with Gasteiger partial charge in [0.1, 0.15) is 5.56 Å². The van der Waals surface area contributed by atoms with Crippen molar-refractivity contribution >= 4 is 5.91 Å². The highest BCUT2D eigenvalue weighted by Gasteiger charge is 2.24. The van der Waals surface area contributed by atoms with E-state index in [-0.39, 0.29) is 18.3 Å². The van der Waals surface area contributed by atoms with E-state index in [2.05, 4.69) is 14.9 Å². The first-order chi connectivity index (χ1) is 12.2. The van der Waals surface area contributed by atoms with E-state index in [1.165, 1.54) is 12.5 Å². The van der Waals surface area contributed by atoms with Crippen LogP contribution in [-0.2, 0) is 6.54 Å². The lowest BCUT2D eigenvalue weighted by Gasteiger charge is -2.34. The number of hydrogen-bond donors (Lipinski definition) is 1. The monoisotopic (exact) mass is 342 g/mol. The van der Waals surface area contributed by atoms with Gasteiger partial charge in [-0.25, -0.2) is 4.98 Å². The second kappa shape index (κ2) is 6.56. The Labute approximate surface area is 144 Å². The van der Waals surface area contributed by atoms with Crippen LogP contribution in [0.4, 0.5) is 0 Å². The third kappa shape index (κ3) is 3.20. The van der Waals surface area contributed by atoms with Gasteiger partial charge in [0.05, 0.1) is 6.33 Å². The smallest absolute Gasteiger partial charge is 0.263 e. The number of aromatic nitrogens is 2. The van der Waals surface area contributed by atoms with Crippen molar-refractivity contribution < 1.29 is 14.3 Å². The Morgan fingerprint density at radius 3 is 2.76 bits per heavy atom. The van der Waals surface area contributed by atoms with E-state index in [0.29, 0.717) is 13.1 Å². The van der Waals surface area contributed by atoms with Gasteiger partial charge >= 0.3 is 0 Å². The molecule has 2 aromatic rings. The Morgan fingerprint density at radius 1 is 1.16 bits per heavy atom. The molecule has 0 bridgehead atoms. The molecule has 2 aliphatic heterocycles. The summed E-state index contributed by atoms with van der Waals surface area (Å²) in [5, 5.41) is 0. The first-order valence-electron chi connectivity index (χ1n) is 8.13. The van der Waals surface area contributed by atoms with Crippen LogP contribution in [0.25, 0.3) is 0 Å². The minimum Gasteiger partial charge on any atom is -0.454 e. The van der Waals surface area contributed by atoms with E-state index in [4.69, 9.17) is 9.47 Å². The number of nitrogens with one attached hydrogen (secondary N) is 1. The fraction of sp³-hybridized carbons (Fsp3) is 0.353. The van der Waals surface area contributed by atoms with Gasteiger partial charge in [0.25, 0.3) is 11.5 Å². The minimum absolute atomic E-state index is 0.0896. The van der Waals surface area contributed by atoms with Crippen molar-refractivity contribution in [2.75, 3.05) is 33.0 Å². The Hall–Kier alpha value is -2.87. The van der Waals surface area contributed by atoms with E-state index < -0.39 is 5.56 Å². The van der Waals surface area contributed by atoms with Crippen LogP contribution in [0.1, 0.15) is 15.9 Å². The molecule has 1 amide bonds. The van der Waals surface area contributed by atoms with Gasteiger partial charge in [-0.1, -0.05) is 6.07 Å². The van der Waals surface area contributed by atoms with Gasteiger partial charge in [-0.3, -0.25) is 14.5 Å². The van der Waals surface area contributed by atoms with Crippen molar-refractivity contribution in [3.05, 3.63) is 52.2 Å². The van der Waals surface area contributed by atoms with Crippen LogP contribution >= 0.6 is 0 Å². The molecule has 0 radical (unpaired) electrons. The van der Waals surface area contributed by atoms with Gasteiger partial charge in [-0.15, -0.1) is 0 Å². The number of nitrogens with zero attached hydrogens (tertiary/aromatic N) is 3. The quantitative estimate of drug-likeness (QED) is 0.872. The number of amides is 1. The molecule has 8 heteroatoms. The van der Waals surface area contributed by atoms with E-state index in [1.807, 2.05) is 18.2 Å². The van der Waals surface area contributed by atoms with Crippen LogP contribution in [-0.4, -0.2) is 58.6 Å². The van der Waals surface area contributed by atoms with Crippen molar-refractivity contribution in [3.8, 4) is 11.5 Å². The summed E-state index contributed by atoms with van der Waals surface area (Å²) in [7, 11) is 0. The maximum Gasteiger partial charge on any atom is 0.263 e. The number of ether oxygens (including phenoxy) is 2. The van der Waals surface area contributed by atoms with Crippen molar-refractivity contribution in [2.24, 2.45) is 0 Å². The molecule has 0 unspecified atom stereocenters. The number of carbonyl (C=O) groups excluding carboxylic acids is 1. The van der Waals surface area contributed by atoms with Crippen LogP contribution < -0.4 is 15.0 Å². The lowest BCUT2D eigenvalue weighted by molar-refractivity contribution is 0.0626. The van der Waals surface area contributed by atoms with Crippen LogP contribution in [0.5, 0.6) is 11.5 Å². The zero-order valence-corrected chi connectivity index (χ0v) is 13.6. The lowest BCUT2D eigenvalue weighted by Crippen LogP contribution is -2.49. The summed E-state index contributed by atoms with van der Waals surface area (Å²) in [4.78, 5) is 34.4. The summed E-state index contributed by atoms with van der Waals surface area (Å²) < 4.78 is 10.7. The van der Waals surface area contributed by atoms with E-state index in [1.54, 1.807) is 4.90 Å². The number of piperazine rings is 1. The highest BCUT2D eigenvalue weighted by Crippen LogP contribution is 2.32. The Kier molecular flexibility index (Phi) is 4.10. The first kappa shape index (κ1) is 15.6. The molecule has 1 aromatic carbocycles. The second-order valence-electron chi connectivity index (χ2n) is 6.05. The van der Waals surface area contributed by atoms with Crippen LogP contribution in [0.2, 0.25) is 0 Å². The number of H-pyrrole nitrogens is 1. The van der Waals surface area contributed by atoms with Gasteiger partial charge in [0, 0.05) is 38.9 Å². The minimum atomic E-state index is -0.400. The summed E-state index contributed by atoms with van der Waals surface area (Å²) in [5.41, 5.74) is 0.835. The second-order valence-corrected chi connectivity index (χ2v) is 6.05. The number of rotatable bonds is 3. The molecule has 0 aliphatic carbocycles. The topological polar surface area (TPSA) is 87.8 Å². The molecule has 1 aromatic heterocycles. The van der Waals surface area contributed by atoms with Crippen molar-refractivity contribution in [3.63, 3.8) is 0 Å². The third-order valence-corrected chi connectivity index (χ3v) is 4.45. The van der Waals surface area contributed by atoms with Gasteiger partial charge in [0.15, 0.2) is 11.5 Å². The average Bonchev–Trinajstić information content (AvgIpc) is 3.10. The molecule has 25 heavy (non-hydrogen) atoms. The van der Waals surface area contributed by atoms with Gasteiger partial charge in [0.2, 0.25) is 6.79 Å². The summed E-state index contributed by atoms with van der Waals surface area (Å²) in [6, 6.07) is 5.95. The molecule has 1 N–H and O–H groups in total. The maximum atomic E-state index is 12.4. The molecule has 0 spiro atoms. The number of aromatic amines is 1. The fourth-order valence-corrected chi connectivity index (χ4v) is 3.07. The third-order valence-electron chi connectivity index (χ3n) is 4.45. The maximum absolute atomic E-state index is 12.4. The van der Waals surface area contributed by atoms with Crippen molar-refractivity contribution in [1.82, 2.24) is 19.8 Å². The van der Waals surface area contributed by atoms with Crippen LogP contribution in [0, 0.1) is 0 Å². The first-order valence-corrected chi connectivity index (χ1v) is 8.13. The number of carbonyl (C=O) groups is 1. The van der Waals surface area contributed by atoms with Gasteiger partial charge in [-0.2, -0.15) is 0 Å². The molecule has 0 saturated carbocycles. The predicted octanol–water partition coefficient (Wildman–Crippen LogP) is 0.457. The van der Waals surface area contributed by atoms with E-state index in [0.717, 1.165) is 36.7 Å². The molecule has 4 rings (SSSR count). The van der Waals surface area contributed by atoms with Crippen LogP contribution in [0.15, 0.2) is 35.5 Å². The molecule has 2 aliphatic rings. The Balaban J connectivity index is 1.36. The molecule has 130 valence electrons. The molecule has 3 heterocycles. The normalized spacial score (nSPS) is 16.9.